The maximum absolute atomic E-state index is 13.3. The summed E-state index contributed by atoms with van der Waals surface area (Å²) in [5, 5.41) is 71.2. The standard InChI is InChI=1S/C56H106O13/c1-11-13-15-17-19-21-23-25-27-29-31-33-35-37-39-41-46(58)65-44-49(4)51(6,61)52(7,62)53(8,63)55(10,67-49)69-56(54(9,64)50(5,60)48(3,43-57)68-56)45-66-47(59)42-40-38-36-34-32-30-28-26-24-22-20-18-16-14-12-2/h57,60-64H,11-45H2,1-10H3. The Balaban J connectivity index is 2.03. The first-order valence-corrected chi connectivity index (χ1v) is 28.0. The maximum Gasteiger partial charge on any atom is 0.305 e. The van der Waals surface area contributed by atoms with Gasteiger partial charge in [0.1, 0.15) is 46.8 Å². The minimum Gasteiger partial charge on any atom is -0.462 e. The monoisotopic (exact) mass is 987 g/mol. The van der Waals surface area contributed by atoms with Crippen molar-refractivity contribution in [1.82, 2.24) is 0 Å². The molecule has 0 spiro atoms. The molecule has 0 radical (unpaired) electrons. The molecule has 0 aliphatic carbocycles. The van der Waals surface area contributed by atoms with Crippen molar-refractivity contribution in [2.75, 3.05) is 19.8 Å². The van der Waals surface area contributed by atoms with Gasteiger partial charge in [-0.2, -0.15) is 0 Å². The number of carbonyl (C=O) groups excluding carboxylic acids is 2. The van der Waals surface area contributed by atoms with Gasteiger partial charge in [0.05, 0.1) is 6.61 Å². The van der Waals surface area contributed by atoms with Gasteiger partial charge in [-0.3, -0.25) is 9.59 Å². The second-order valence-electron chi connectivity index (χ2n) is 22.7. The molecule has 0 bridgehead atoms. The predicted octanol–water partition coefficient (Wildman–Crippen LogP) is 11.3. The Labute approximate surface area is 419 Å². The summed E-state index contributed by atoms with van der Waals surface area (Å²) in [5.74, 6) is -6.14. The SMILES string of the molecule is CCCCCCCCCCCCCCCCCC(=O)OCC1(C)OC(C)(OC2(COC(=O)CCCCCCCCCCCCCCCCC)OC(C)(CO)C(C)(O)C2(C)O)C(C)(O)C(C)(O)C1(C)O. The van der Waals surface area contributed by atoms with Gasteiger partial charge < -0.3 is 54.3 Å². The molecule has 2 heterocycles. The summed E-state index contributed by atoms with van der Waals surface area (Å²) in [5.41, 5.74) is -15.9. The van der Waals surface area contributed by atoms with Crippen LogP contribution in [0.3, 0.4) is 0 Å². The number of ether oxygens (including phenoxy) is 5. The number of esters is 2. The molecule has 9 unspecified atom stereocenters. The highest BCUT2D eigenvalue weighted by Crippen LogP contribution is 2.59. The van der Waals surface area contributed by atoms with Gasteiger partial charge in [0.2, 0.25) is 11.6 Å². The Morgan fingerprint density at radius 2 is 0.681 bits per heavy atom. The van der Waals surface area contributed by atoms with Crippen molar-refractivity contribution >= 4 is 11.9 Å². The van der Waals surface area contributed by atoms with Crippen molar-refractivity contribution in [3.63, 3.8) is 0 Å². The number of carbonyl (C=O) groups is 2. The summed E-state index contributed by atoms with van der Waals surface area (Å²) in [4.78, 5) is 26.4. The lowest BCUT2D eigenvalue weighted by Crippen LogP contribution is -2.86. The lowest BCUT2D eigenvalue weighted by molar-refractivity contribution is -0.499. The molecule has 6 N–H and O–H groups in total. The van der Waals surface area contributed by atoms with E-state index in [1.54, 1.807) is 0 Å². The summed E-state index contributed by atoms with van der Waals surface area (Å²) in [6.45, 7) is 12.4. The van der Waals surface area contributed by atoms with Crippen LogP contribution in [-0.2, 0) is 33.3 Å². The molecule has 13 nitrogen and oxygen atoms in total. The summed E-state index contributed by atoms with van der Waals surface area (Å²) < 4.78 is 30.8. The third-order valence-electron chi connectivity index (χ3n) is 16.9. The molecule has 0 amide bonds. The second kappa shape index (κ2) is 29.5. The molecule has 2 rings (SSSR count). The highest BCUT2D eigenvalue weighted by atomic mass is 16.8. The summed E-state index contributed by atoms with van der Waals surface area (Å²) in [6, 6.07) is 0. The predicted molar refractivity (Wildman–Crippen MR) is 272 cm³/mol. The zero-order valence-corrected chi connectivity index (χ0v) is 45.8. The molecule has 2 aliphatic heterocycles. The fourth-order valence-corrected chi connectivity index (χ4v) is 10.4. The zero-order valence-electron chi connectivity index (χ0n) is 45.8. The van der Waals surface area contributed by atoms with Crippen LogP contribution in [0.4, 0.5) is 0 Å². The van der Waals surface area contributed by atoms with E-state index >= 15 is 0 Å². The lowest BCUT2D eigenvalue weighted by atomic mass is 9.61. The largest absolute Gasteiger partial charge is 0.462 e. The number of rotatable bonds is 39. The Morgan fingerprint density at radius 1 is 0.377 bits per heavy atom. The van der Waals surface area contributed by atoms with Gasteiger partial charge in [-0.25, -0.2) is 0 Å². The molecule has 2 fully saturated rings. The van der Waals surface area contributed by atoms with E-state index in [1.807, 2.05) is 0 Å². The summed E-state index contributed by atoms with van der Waals surface area (Å²) >= 11 is 0. The fourth-order valence-electron chi connectivity index (χ4n) is 10.4. The van der Waals surface area contributed by atoms with Gasteiger partial charge in [-0.15, -0.1) is 0 Å². The van der Waals surface area contributed by atoms with Crippen LogP contribution in [0.25, 0.3) is 0 Å². The van der Waals surface area contributed by atoms with Crippen LogP contribution >= 0.6 is 0 Å². The van der Waals surface area contributed by atoms with Crippen molar-refractivity contribution in [2.45, 2.75) is 325 Å². The van der Waals surface area contributed by atoms with E-state index in [2.05, 4.69) is 13.8 Å². The molecule has 408 valence electrons. The maximum atomic E-state index is 13.3. The third kappa shape index (κ3) is 16.8. The van der Waals surface area contributed by atoms with Crippen LogP contribution in [0.1, 0.15) is 275 Å². The quantitative estimate of drug-likeness (QED) is 0.0251. The van der Waals surface area contributed by atoms with Crippen LogP contribution in [0.15, 0.2) is 0 Å². The average Bonchev–Trinajstić information content (AvgIpc) is 3.40. The summed E-state index contributed by atoms with van der Waals surface area (Å²) in [7, 11) is 0. The smallest absolute Gasteiger partial charge is 0.305 e. The van der Waals surface area contributed by atoms with Gasteiger partial charge in [0.25, 0.3) is 0 Å². The molecule has 0 aromatic heterocycles. The van der Waals surface area contributed by atoms with Crippen molar-refractivity contribution in [1.29, 1.82) is 0 Å². The number of hydrogen-bond donors (Lipinski definition) is 6. The van der Waals surface area contributed by atoms with Gasteiger partial charge in [0, 0.05) is 12.8 Å². The zero-order chi connectivity index (χ0) is 51.9. The Bertz CT molecular complexity index is 1450. The Hall–Kier alpha value is -1.42. The van der Waals surface area contributed by atoms with Crippen LogP contribution in [0.5, 0.6) is 0 Å². The van der Waals surface area contributed by atoms with Crippen LogP contribution in [0.2, 0.25) is 0 Å². The molecule has 13 heteroatoms. The first kappa shape index (κ1) is 63.7. The highest BCUT2D eigenvalue weighted by molar-refractivity contribution is 5.69. The molecule has 0 aromatic carbocycles. The van der Waals surface area contributed by atoms with E-state index in [9.17, 15) is 40.2 Å². The van der Waals surface area contributed by atoms with E-state index in [0.717, 1.165) is 44.9 Å². The molecular weight excluding hydrogens is 881 g/mol. The number of aliphatic hydroxyl groups excluding tert-OH is 1. The second-order valence-corrected chi connectivity index (χ2v) is 22.7. The van der Waals surface area contributed by atoms with Gasteiger partial charge in [-0.05, 0) is 68.2 Å². The van der Waals surface area contributed by atoms with E-state index < -0.39 is 82.5 Å². The van der Waals surface area contributed by atoms with Gasteiger partial charge in [-0.1, -0.05) is 194 Å². The normalized spacial score (nSPS) is 33.5. The van der Waals surface area contributed by atoms with Crippen LogP contribution in [-0.4, -0.2) is 113 Å². The van der Waals surface area contributed by atoms with Crippen LogP contribution < -0.4 is 0 Å². The first-order valence-electron chi connectivity index (χ1n) is 28.0. The summed E-state index contributed by atoms with van der Waals surface area (Å²) in [6.07, 6.45) is 35.8. The van der Waals surface area contributed by atoms with Gasteiger partial charge in [0.15, 0.2) is 5.60 Å². The average molecular weight is 987 g/mol. The van der Waals surface area contributed by atoms with Crippen molar-refractivity contribution in [3.8, 4) is 0 Å². The minimum absolute atomic E-state index is 0.0655. The number of hydrogen-bond acceptors (Lipinski definition) is 13. The Morgan fingerprint density at radius 3 is 1.00 bits per heavy atom. The van der Waals surface area contributed by atoms with Crippen LogP contribution in [0, 0.1) is 0 Å². The van der Waals surface area contributed by atoms with E-state index in [-0.39, 0.29) is 12.8 Å². The molecular formula is C56H106O13. The molecule has 0 saturated carbocycles. The number of unbranched alkanes of at least 4 members (excludes halogenated alkanes) is 28. The topological polar surface area (TPSA) is 202 Å². The van der Waals surface area contributed by atoms with E-state index in [1.165, 1.54) is 190 Å². The number of aliphatic hydroxyl groups is 6. The Kier molecular flexibility index (Phi) is 27.2. The molecule has 0 aromatic rings. The third-order valence-corrected chi connectivity index (χ3v) is 16.9. The van der Waals surface area contributed by atoms with Gasteiger partial charge >= 0.3 is 11.9 Å². The molecule has 9 atom stereocenters. The van der Waals surface area contributed by atoms with Crippen molar-refractivity contribution < 1.29 is 63.9 Å². The van der Waals surface area contributed by atoms with Crippen molar-refractivity contribution in [3.05, 3.63) is 0 Å². The molecule has 69 heavy (non-hydrogen) atoms. The molecule has 2 saturated heterocycles. The minimum atomic E-state index is -2.54. The van der Waals surface area contributed by atoms with E-state index in [4.69, 9.17) is 23.7 Å². The van der Waals surface area contributed by atoms with Crippen molar-refractivity contribution in [2.24, 2.45) is 0 Å². The lowest BCUT2D eigenvalue weighted by Gasteiger charge is -2.66. The van der Waals surface area contributed by atoms with E-state index in [0.29, 0.717) is 12.8 Å². The first-order chi connectivity index (χ1) is 32.3. The fraction of sp³-hybridized carbons (Fsp3) is 0.964. The highest BCUT2D eigenvalue weighted by Gasteiger charge is 2.81. The molecule has 2 aliphatic rings.